The van der Waals surface area contributed by atoms with Crippen molar-refractivity contribution >= 4 is 23.3 Å². The van der Waals surface area contributed by atoms with Gasteiger partial charge < -0.3 is 15.5 Å². The molecule has 24 heavy (non-hydrogen) atoms. The van der Waals surface area contributed by atoms with Crippen LogP contribution >= 0.6 is 11.8 Å². The average Bonchev–Trinajstić information content (AvgIpc) is 3.22. The third kappa shape index (κ3) is 2.80. The molecule has 0 radical (unpaired) electrons. The van der Waals surface area contributed by atoms with E-state index in [4.69, 9.17) is 5.73 Å². The number of nitrogens with zero attached hydrogens (tertiary/aromatic N) is 4. The molecule has 5 nitrogen and oxygen atoms in total. The number of benzene rings is 1. The average molecular weight is 341 g/mol. The number of piperidine rings is 1. The van der Waals surface area contributed by atoms with Gasteiger partial charge in [0.1, 0.15) is 11.1 Å². The summed E-state index contributed by atoms with van der Waals surface area (Å²) in [7, 11) is 2.02. The summed E-state index contributed by atoms with van der Waals surface area (Å²) in [6.07, 6.45) is 6.38. The normalized spacial score (nSPS) is 23.9. The first-order valence-electron chi connectivity index (χ1n) is 8.42. The number of anilines is 2. The molecule has 2 aliphatic heterocycles. The molecule has 0 saturated carbocycles. The lowest BCUT2D eigenvalue weighted by molar-refractivity contribution is 0.497. The van der Waals surface area contributed by atoms with Gasteiger partial charge in [-0.1, -0.05) is 30.3 Å². The highest BCUT2D eigenvalue weighted by molar-refractivity contribution is 8.02. The van der Waals surface area contributed by atoms with E-state index in [-0.39, 0.29) is 11.4 Å². The molecule has 1 fully saturated rings. The molecule has 1 saturated heterocycles. The Morgan fingerprint density at radius 1 is 1.25 bits per heavy atom. The molecule has 0 spiro atoms. The second kappa shape index (κ2) is 6.53. The first kappa shape index (κ1) is 15.6. The summed E-state index contributed by atoms with van der Waals surface area (Å²) in [6, 6.07) is 10.9. The van der Waals surface area contributed by atoms with Crippen molar-refractivity contribution in [3.63, 3.8) is 0 Å². The van der Waals surface area contributed by atoms with Crippen LogP contribution in [0.4, 0.5) is 11.5 Å². The van der Waals surface area contributed by atoms with Gasteiger partial charge in [-0.2, -0.15) is 5.10 Å². The third-order valence-electron chi connectivity index (χ3n) is 4.69. The van der Waals surface area contributed by atoms with Crippen molar-refractivity contribution in [2.75, 3.05) is 22.9 Å². The zero-order valence-electron chi connectivity index (χ0n) is 13.9. The lowest BCUT2D eigenvalue weighted by Gasteiger charge is -2.35. The third-order valence-corrected chi connectivity index (χ3v) is 5.73. The van der Waals surface area contributed by atoms with Crippen molar-refractivity contribution < 1.29 is 0 Å². The standard InChI is InChI=1S/C18H23N5S/c1-21-17(22-9-5-8-15(19)13-22)16(12-20-21)23-10-11-24-18(23)14-6-3-2-4-7-14/h2-4,6-7,10-12,15,18H,5,8-9,13,19H2,1H3/t15?,18-/m0/s1. The van der Waals surface area contributed by atoms with Crippen molar-refractivity contribution in [2.45, 2.75) is 24.3 Å². The molecule has 0 bridgehead atoms. The topological polar surface area (TPSA) is 50.3 Å². The van der Waals surface area contributed by atoms with Crippen molar-refractivity contribution in [1.82, 2.24) is 9.78 Å². The van der Waals surface area contributed by atoms with Crippen molar-refractivity contribution in [3.8, 4) is 0 Å². The molecule has 1 aromatic heterocycles. The summed E-state index contributed by atoms with van der Waals surface area (Å²) >= 11 is 1.83. The Balaban J connectivity index is 1.68. The van der Waals surface area contributed by atoms with Crippen LogP contribution in [-0.2, 0) is 7.05 Å². The molecule has 2 aromatic rings. The van der Waals surface area contributed by atoms with E-state index in [9.17, 15) is 0 Å². The van der Waals surface area contributed by atoms with E-state index in [0.29, 0.717) is 0 Å². The van der Waals surface area contributed by atoms with E-state index in [0.717, 1.165) is 31.6 Å². The van der Waals surface area contributed by atoms with Gasteiger partial charge in [-0.25, -0.2) is 0 Å². The van der Waals surface area contributed by atoms with Gasteiger partial charge in [0.2, 0.25) is 0 Å². The number of thioether (sulfide) groups is 1. The van der Waals surface area contributed by atoms with Gasteiger partial charge >= 0.3 is 0 Å². The van der Waals surface area contributed by atoms with E-state index in [2.05, 4.69) is 56.8 Å². The summed E-state index contributed by atoms with van der Waals surface area (Å²) in [6.45, 7) is 1.94. The summed E-state index contributed by atoms with van der Waals surface area (Å²) in [5.74, 6) is 1.17. The van der Waals surface area contributed by atoms with Gasteiger partial charge in [0.15, 0.2) is 5.82 Å². The minimum absolute atomic E-state index is 0.245. The molecule has 2 aliphatic rings. The second-order valence-corrected chi connectivity index (χ2v) is 7.41. The fraction of sp³-hybridized carbons (Fsp3) is 0.389. The quantitative estimate of drug-likeness (QED) is 0.930. The van der Waals surface area contributed by atoms with Gasteiger partial charge in [0, 0.05) is 32.4 Å². The first-order valence-corrected chi connectivity index (χ1v) is 9.36. The minimum Gasteiger partial charge on any atom is -0.354 e. The number of hydrogen-bond donors (Lipinski definition) is 1. The van der Waals surface area contributed by atoms with Crippen LogP contribution in [0.1, 0.15) is 23.8 Å². The molecule has 0 amide bonds. The molecule has 2 N–H and O–H groups in total. The largest absolute Gasteiger partial charge is 0.354 e. The second-order valence-electron chi connectivity index (χ2n) is 6.42. The number of aryl methyl sites for hydroxylation is 1. The summed E-state index contributed by atoms with van der Waals surface area (Å²) in [5, 5.41) is 6.96. The SMILES string of the molecule is Cn1ncc(N2C=CS[C@H]2c2ccccc2)c1N1CCCC(N)C1. The smallest absolute Gasteiger partial charge is 0.150 e. The molecule has 126 valence electrons. The van der Waals surface area contributed by atoms with E-state index >= 15 is 0 Å². The Bertz CT molecular complexity index is 726. The fourth-order valence-corrected chi connectivity index (χ4v) is 4.53. The van der Waals surface area contributed by atoms with Crippen molar-refractivity contribution in [1.29, 1.82) is 0 Å². The lowest BCUT2D eigenvalue weighted by Crippen LogP contribution is -2.44. The Kier molecular flexibility index (Phi) is 4.24. The van der Waals surface area contributed by atoms with Gasteiger partial charge in [0.05, 0.1) is 6.20 Å². The van der Waals surface area contributed by atoms with E-state index in [1.807, 2.05) is 29.7 Å². The Hall–Kier alpha value is -1.92. The molecule has 3 heterocycles. The first-order chi connectivity index (χ1) is 11.7. The summed E-state index contributed by atoms with van der Waals surface area (Å²) in [4.78, 5) is 4.71. The van der Waals surface area contributed by atoms with E-state index in [1.54, 1.807) is 0 Å². The molecule has 1 aromatic carbocycles. The fourth-order valence-electron chi connectivity index (χ4n) is 3.55. The molecular formula is C18H23N5S. The number of nitrogens with two attached hydrogens (primary N) is 1. The van der Waals surface area contributed by atoms with Gasteiger partial charge in [-0.15, -0.1) is 11.8 Å². The molecule has 4 rings (SSSR count). The zero-order valence-corrected chi connectivity index (χ0v) is 14.7. The molecule has 0 aliphatic carbocycles. The lowest BCUT2D eigenvalue weighted by atomic mass is 10.1. The van der Waals surface area contributed by atoms with Gasteiger partial charge in [-0.05, 0) is 23.8 Å². The Morgan fingerprint density at radius 3 is 2.88 bits per heavy atom. The molecule has 1 unspecified atom stereocenters. The van der Waals surface area contributed by atoms with Crippen LogP contribution in [0.3, 0.4) is 0 Å². The Labute approximate surface area is 147 Å². The summed E-state index contributed by atoms with van der Waals surface area (Å²) in [5.41, 5.74) is 8.66. The van der Waals surface area contributed by atoms with E-state index in [1.165, 1.54) is 11.4 Å². The Morgan fingerprint density at radius 2 is 2.08 bits per heavy atom. The van der Waals surface area contributed by atoms with Crippen LogP contribution in [0.2, 0.25) is 0 Å². The van der Waals surface area contributed by atoms with Crippen LogP contribution in [-0.4, -0.2) is 28.9 Å². The molecular weight excluding hydrogens is 318 g/mol. The van der Waals surface area contributed by atoms with Crippen molar-refractivity contribution in [3.05, 3.63) is 53.7 Å². The number of hydrogen-bond acceptors (Lipinski definition) is 5. The summed E-state index contributed by atoms with van der Waals surface area (Å²) < 4.78 is 1.98. The number of rotatable bonds is 3. The number of aromatic nitrogens is 2. The molecule has 6 heteroatoms. The van der Waals surface area contributed by atoms with Crippen LogP contribution in [0.15, 0.2) is 48.1 Å². The maximum absolute atomic E-state index is 6.20. The monoisotopic (exact) mass is 341 g/mol. The predicted molar refractivity (Wildman–Crippen MR) is 101 cm³/mol. The van der Waals surface area contributed by atoms with Gasteiger partial charge in [-0.3, -0.25) is 4.68 Å². The van der Waals surface area contributed by atoms with Crippen LogP contribution in [0.25, 0.3) is 0 Å². The highest BCUT2D eigenvalue weighted by atomic mass is 32.2. The maximum atomic E-state index is 6.20. The van der Waals surface area contributed by atoms with Crippen LogP contribution < -0.4 is 15.5 Å². The van der Waals surface area contributed by atoms with Crippen molar-refractivity contribution in [2.24, 2.45) is 12.8 Å². The van der Waals surface area contributed by atoms with Gasteiger partial charge in [0.25, 0.3) is 0 Å². The highest BCUT2D eigenvalue weighted by Gasteiger charge is 2.30. The zero-order chi connectivity index (χ0) is 16.5. The van der Waals surface area contributed by atoms with Crippen LogP contribution in [0, 0.1) is 0 Å². The van der Waals surface area contributed by atoms with Crippen LogP contribution in [0.5, 0.6) is 0 Å². The minimum atomic E-state index is 0.245. The highest BCUT2D eigenvalue weighted by Crippen LogP contribution is 2.45. The maximum Gasteiger partial charge on any atom is 0.150 e. The predicted octanol–water partition coefficient (Wildman–Crippen LogP) is 3.07. The van der Waals surface area contributed by atoms with E-state index < -0.39 is 0 Å². The molecule has 2 atom stereocenters.